The van der Waals surface area contributed by atoms with Gasteiger partial charge in [0.25, 0.3) is 0 Å². The van der Waals surface area contributed by atoms with E-state index in [0.717, 1.165) is 0 Å². The van der Waals surface area contributed by atoms with Crippen LogP contribution in [0, 0.1) is 0 Å². The Bertz CT molecular complexity index is 131. The maximum atomic E-state index is 10.6. The van der Waals surface area contributed by atoms with Crippen molar-refractivity contribution in [2.75, 3.05) is 7.11 Å². The lowest BCUT2D eigenvalue weighted by molar-refractivity contribution is -0.142. The van der Waals surface area contributed by atoms with Crippen LogP contribution in [-0.4, -0.2) is 30.5 Å². The lowest BCUT2D eigenvalue weighted by Crippen LogP contribution is -2.52. The topological polar surface area (TPSA) is 58.6 Å². The van der Waals surface area contributed by atoms with Crippen molar-refractivity contribution >= 4 is 5.97 Å². The summed E-state index contributed by atoms with van der Waals surface area (Å²) in [5, 5.41) is 11.5. The van der Waals surface area contributed by atoms with Crippen molar-refractivity contribution in [2.45, 2.75) is 25.1 Å². The highest BCUT2D eigenvalue weighted by molar-refractivity contribution is 5.70. The Labute approximate surface area is 59.2 Å². The van der Waals surface area contributed by atoms with E-state index >= 15 is 0 Å². The summed E-state index contributed by atoms with van der Waals surface area (Å²) < 4.78 is 4.43. The van der Waals surface area contributed by atoms with E-state index in [-0.39, 0.29) is 12.0 Å². The third-order valence-electron chi connectivity index (χ3n) is 1.58. The van der Waals surface area contributed by atoms with Crippen LogP contribution in [0.25, 0.3) is 0 Å². The first-order valence-electron chi connectivity index (χ1n) is 3.23. The van der Waals surface area contributed by atoms with Crippen LogP contribution in [0.3, 0.4) is 0 Å². The number of aliphatic hydroxyl groups excluding tert-OH is 1. The molecule has 58 valence electrons. The number of carbonyl (C=O) groups excluding carboxylic acids is 1. The fraction of sp³-hybridized carbons (Fsp3) is 0.833. The van der Waals surface area contributed by atoms with Crippen LogP contribution in [0.4, 0.5) is 0 Å². The van der Waals surface area contributed by atoms with Crippen molar-refractivity contribution in [1.82, 2.24) is 5.32 Å². The molecule has 0 aromatic carbocycles. The van der Waals surface area contributed by atoms with Crippen molar-refractivity contribution in [1.29, 1.82) is 0 Å². The minimum atomic E-state index is -0.422. The molecule has 10 heavy (non-hydrogen) atoms. The van der Waals surface area contributed by atoms with Gasteiger partial charge in [-0.25, -0.2) is 0 Å². The number of esters is 1. The normalized spacial score (nSPS) is 31.0. The second kappa shape index (κ2) is 2.98. The molecule has 0 amide bonds. The van der Waals surface area contributed by atoms with Gasteiger partial charge in [0.1, 0.15) is 6.23 Å². The molecule has 4 heteroatoms. The van der Waals surface area contributed by atoms with Gasteiger partial charge in [-0.2, -0.15) is 0 Å². The van der Waals surface area contributed by atoms with Gasteiger partial charge in [-0.1, -0.05) is 0 Å². The zero-order valence-corrected chi connectivity index (χ0v) is 5.83. The third-order valence-corrected chi connectivity index (χ3v) is 1.58. The highest BCUT2D eigenvalue weighted by Gasteiger charge is 2.27. The largest absolute Gasteiger partial charge is 0.469 e. The average molecular weight is 145 g/mol. The number of hydrogen-bond donors (Lipinski definition) is 2. The molecule has 0 saturated carbocycles. The summed E-state index contributed by atoms with van der Waals surface area (Å²) >= 11 is 0. The molecule has 4 nitrogen and oxygen atoms in total. The summed E-state index contributed by atoms with van der Waals surface area (Å²) in [6, 6.07) is 0.113. The van der Waals surface area contributed by atoms with E-state index in [1.807, 2.05) is 0 Å². The van der Waals surface area contributed by atoms with Crippen molar-refractivity contribution in [2.24, 2.45) is 0 Å². The Morgan fingerprint density at radius 1 is 1.90 bits per heavy atom. The molecule has 1 aliphatic rings. The van der Waals surface area contributed by atoms with Crippen molar-refractivity contribution in [3.8, 4) is 0 Å². The van der Waals surface area contributed by atoms with E-state index in [2.05, 4.69) is 10.1 Å². The first-order chi connectivity index (χ1) is 4.72. The number of aliphatic hydroxyl groups is 1. The van der Waals surface area contributed by atoms with Gasteiger partial charge in [0.05, 0.1) is 13.5 Å². The van der Waals surface area contributed by atoms with Gasteiger partial charge in [0.15, 0.2) is 0 Å². The molecule has 0 radical (unpaired) electrons. The number of methoxy groups -OCH3 is 1. The molecule has 0 spiro atoms. The number of ether oxygens (including phenoxy) is 1. The summed E-state index contributed by atoms with van der Waals surface area (Å²) in [4.78, 5) is 10.6. The SMILES string of the molecule is COC(=O)CC1CC(O)N1. The molecule has 0 aromatic heterocycles. The smallest absolute Gasteiger partial charge is 0.307 e. The Balaban J connectivity index is 2.10. The molecular weight excluding hydrogens is 134 g/mol. The quantitative estimate of drug-likeness (QED) is 0.501. The molecule has 0 aliphatic carbocycles. The molecule has 2 unspecified atom stereocenters. The van der Waals surface area contributed by atoms with Gasteiger partial charge in [-0.15, -0.1) is 0 Å². The molecule has 1 fully saturated rings. The van der Waals surface area contributed by atoms with Gasteiger partial charge < -0.3 is 9.84 Å². The van der Waals surface area contributed by atoms with E-state index in [4.69, 9.17) is 5.11 Å². The number of hydrogen-bond acceptors (Lipinski definition) is 4. The van der Waals surface area contributed by atoms with Gasteiger partial charge in [-0.3, -0.25) is 10.1 Å². The van der Waals surface area contributed by atoms with Crippen LogP contribution >= 0.6 is 0 Å². The van der Waals surface area contributed by atoms with Crippen molar-refractivity contribution in [3.05, 3.63) is 0 Å². The Hall–Kier alpha value is -0.610. The summed E-state index contributed by atoms with van der Waals surface area (Å²) in [6.45, 7) is 0. The van der Waals surface area contributed by atoms with E-state index in [1.54, 1.807) is 0 Å². The van der Waals surface area contributed by atoms with E-state index in [0.29, 0.717) is 12.8 Å². The Kier molecular flexibility index (Phi) is 2.24. The molecule has 1 aliphatic heterocycles. The fourth-order valence-corrected chi connectivity index (χ4v) is 0.944. The third kappa shape index (κ3) is 1.68. The summed E-state index contributed by atoms with van der Waals surface area (Å²) in [5.74, 6) is -0.232. The molecule has 1 rings (SSSR count). The average Bonchev–Trinajstić information content (AvgIpc) is 1.84. The second-order valence-corrected chi connectivity index (χ2v) is 2.40. The van der Waals surface area contributed by atoms with Gasteiger partial charge in [0.2, 0.25) is 0 Å². The van der Waals surface area contributed by atoms with Crippen LogP contribution < -0.4 is 5.32 Å². The maximum absolute atomic E-state index is 10.6. The van der Waals surface area contributed by atoms with Crippen LogP contribution in [0.2, 0.25) is 0 Å². The van der Waals surface area contributed by atoms with Crippen LogP contribution in [-0.2, 0) is 9.53 Å². The zero-order chi connectivity index (χ0) is 7.56. The van der Waals surface area contributed by atoms with Crippen LogP contribution in [0.15, 0.2) is 0 Å². The monoisotopic (exact) mass is 145 g/mol. The number of carbonyl (C=O) groups is 1. The second-order valence-electron chi connectivity index (χ2n) is 2.40. The molecule has 1 saturated heterocycles. The molecule has 2 atom stereocenters. The molecular formula is C6H11NO3. The Morgan fingerprint density at radius 2 is 2.50 bits per heavy atom. The minimum Gasteiger partial charge on any atom is -0.469 e. The maximum Gasteiger partial charge on any atom is 0.307 e. The van der Waals surface area contributed by atoms with E-state index < -0.39 is 6.23 Å². The van der Waals surface area contributed by atoms with Crippen LogP contribution in [0.5, 0.6) is 0 Å². The zero-order valence-electron chi connectivity index (χ0n) is 5.83. The highest BCUT2D eigenvalue weighted by Crippen LogP contribution is 2.12. The molecule has 1 heterocycles. The number of nitrogens with one attached hydrogen (secondary N) is 1. The van der Waals surface area contributed by atoms with E-state index in [9.17, 15) is 4.79 Å². The first kappa shape index (κ1) is 7.50. The van der Waals surface area contributed by atoms with Gasteiger partial charge in [-0.05, 0) is 0 Å². The highest BCUT2D eigenvalue weighted by atomic mass is 16.5. The van der Waals surface area contributed by atoms with Gasteiger partial charge in [0, 0.05) is 12.5 Å². The summed E-state index contributed by atoms with van der Waals surface area (Å²) in [5.41, 5.74) is 0. The molecule has 0 aromatic rings. The van der Waals surface area contributed by atoms with E-state index in [1.165, 1.54) is 7.11 Å². The lowest BCUT2D eigenvalue weighted by atomic mass is 10.0. The standard InChI is InChI=1S/C6H11NO3/c1-10-6(9)3-4-2-5(8)7-4/h4-5,7-8H,2-3H2,1H3. The summed E-state index contributed by atoms with van der Waals surface area (Å²) in [7, 11) is 1.36. The predicted molar refractivity (Wildman–Crippen MR) is 34.2 cm³/mol. The van der Waals surface area contributed by atoms with Gasteiger partial charge >= 0.3 is 5.97 Å². The molecule has 2 N–H and O–H groups in total. The Morgan fingerprint density at radius 3 is 2.90 bits per heavy atom. The van der Waals surface area contributed by atoms with Crippen LogP contribution in [0.1, 0.15) is 12.8 Å². The fourth-order valence-electron chi connectivity index (χ4n) is 0.944. The number of rotatable bonds is 2. The predicted octanol–water partition coefficient (Wildman–Crippen LogP) is -0.770. The molecule has 0 bridgehead atoms. The first-order valence-corrected chi connectivity index (χ1v) is 3.23. The minimum absolute atomic E-state index is 0.113. The summed E-state index contributed by atoms with van der Waals surface area (Å²) in [6.07, 6.45) is 0.581. The van der Waals surface area contributed by atoms with Crippen molar-refractivity contribution in [3.63, 3.8) is 0 Å². The van der Waals surface area contributed by atoms with Crippen molar-refractivity contribution < 1.29 is 14.6 Å². The lowest BCUT2D eigenvalue weighted by Gasteiger charge is -2.32.